The van der Waals surface area contributed by atoms with Crippen LogP contribution in [0.3, 0.4) is 0 Å². The van der Waals surface area contributed by atoms with Gasteiger partial charge < -0.3 is 14.6 Å². The molecule has 0 N–H and O–H groups in total. The summed E-state index contributed by atoms with van der Waals surface area (Å²) in [6, 6.07) is 38.5. The van der Waals surface area contributed by atoms with E-state index in [1.165, 1.54) is 0 Å². The third-order valence-corrected chi connectivity index (χ3v) is 6.02. The molecule has 0 saturated carbocycles. The second-order valence-electron chi connectivity index (χ2n) is 8.69. The third-order valence-electron chi connectivity index (χ3n) is 6.02. The zero-order valence-corrected chi connectivity index (χ0v) is 23.1. The molecule has 0 radical (unpaired) electrons. The summed E-state index contributed by atoms with van der Waals surface area (Å²) in [6.07, 6.45) is 2.01. The van der Waals surface area contributed by atoms with E-state index in [0.717, 1.165) is 39.7 Å². The predicted octanol–water partition coefficient (Wildman–Crippen LogP) is 7.02. The first-order chi connectivity index (χ1) is 18.1. The van der Waals surface area contributed by atoms with E-state index in [0.29, 0.717) is 11.5 Å². The van der Waals surface area contributed by atoms with Crippen LogP contribution in [0.25, 0.3) is 16.9 Å². The van der Waals surface area contributed by atoms with Gasteiger partial charge in [0.2, 0.25) is 0 Å². The van der Waals surface area contributed by atoms with E-state index in [1.807, 2.05) is 102 Å². The molecule has 38 heavy (non-hydrogen) atoms. The zero-order chi connectivity index (χ0) is 25.2. The maximum absolute atomic E-state index is 6.15. The molecule has 4 aromatic carbocycles. The number of para-hydroxylation sites is 1. The van der Waals surface area contributed by atoms with E-state index < -0.39 is 0 Å². The van der Waals surface area contributed by atoms with Gasteiger partial charge in [-0.1, -0.05) is 54.2 Å². The molecule has 0 fully saturated rings. The van der Waals surface area contributed by atoms with Crippen molar-refractivity contribution in [2.75, 3.05) is 9.91 Å². The van der Waals surface area contributed by atoms with E-state index in [1.54, 1.807) is 5.01 Å². The van der Waals surface area contributed by atoms with Crippen molar-refractivity contribution >= 4 is 17.2 Å². The van der Waals surface area contributed by atoms with Crippen LogP contribution in [-0.4, -0.2) is 15.6 Å². The Bertz CT molecular complexity index is 1570. The minimum Gasteiger partial charge on any atom is -0.509 e. The average Bonchev–Trinajstić information content (AvgIpc) is 3.53. The molecule has 6 nitrogen and oxygen atoms in total. The Balaban J connectivity index is 0.00000294. The zero-order valence-electron chi connectivity index (χ0n) is 20.9. The fraction of sp³-hybridized carbons (Fsp3) is 0.0645. The summed E-state index contributed by atoms with van der Waals surface area (Å²) in [6.45, 7) is 5.98. The molecule has 0 atom stereocenters. The monoisotopic (exact) mass is 677 g/mol. The molecule has 0 saturated heterocycles. The Hall–Kier alpha value is -4.15. The van der Waals surface area contributed by atoms with Gasteiger partial charge in [0.15, 0.2) is 0 Å². The van der Waals surface area contributed by atoms with Gasteiger partial charge in [-0.2, -0.15) is 22.3 Å². The van der Waals surface area contributed by atoms with E-state index in [2.05, 4.69) is 48.4 Å². The van der Waals surface area contributed by atoms with Crippen LogP contribution in [-0.2, 0) is 21.1 Å². The number of hydrogen-bond acceptors (Lipinski definition) is 5. The largest absolute Gasteiger partial charge is 0.509 e. The summed E-state index contributed by atoms with van der Waals surface area (Å²) in [7, 11) is 0. The van der Waals surface area contributed by atoms with Gasteiger partial charge in [0, 0.05) is 50.0 Å². The van der Waals surface area contributed by atoms with Crippen molar-refractivity contribution in [1.29, 1.82) is 0 Å². The van der Waals surface area contributed by atoms with Crippen LogP contribution in [0.15, 0.2) is 108 Å². The summed E-state index contributed by atoms with van der Waals surface area (Å²) in [5.41, 5.74) is 5.75. The molecule has 192 valence electrons. The fourth-order valence-corrected chi connectivity index (χ4v) is 4.22. The van der Waals surface area contributed by atoms with E-state index in [9.17, 15) is 0 Å². The predicted molar refractivity (Wildman–Crippen MR) is 147 cm³/mol. The Kier molecular flexibility index (Phi) is 7.43. The Morgan fingerprint density at radius 1 is 0.737 bits per heavy atom. The minimum atomic E-state index is 0. The molecule has 1 aliphatic heterocycles. The maximum atomic E-state index is 6.15. The quantitative estimate of drug-likeness (QED) is 0.182. The topological polar surface area (TPSA) is 45.9 Å². The van der Waals surface area contributed by atoms with Crippen LogP contribution in [0.4, 0.5) is 11.4 Å². The first kappa shape index (κ1) is 25.5. The summed E-state index contributed by atoms with van der Waals surface area (Å²) < 4.78 is 7.98. The number of hydrazone groups is 1. The molecule has 5 aromatic rings. The molecular weight excluding hydrogens is 653 g/mol. The molecule has 7 heteroatoms. The van der Waals surface area contributed by atoms with Crippen LogP contribution >= 0.6 is 0 Å². The summed E-state index contributed by atoms with van der Waals surface area (Å²) >= 11 is 0. The van der Waals surface area contributed by atoms with Gasteiger partial charge >= 0.3 is 0 Å². The number of aromatic nitrogens is 2. The molecule has 0 unspecified atom stereocenters. The van der Waals surface area contributed by atoms with Crippen LogP contribution in [0.2, 0.25) is 0 Å². The second kappa shape index (κ2) is 11.1. The van der Waals surface area contributed by atoms with Crippen molar-refractivity contribution in [3.05, 3.63) is 128 Å². The van der Waals surface area contributed by atoms with Gasteiger partial charge in [0.1, 0.15) is 0 Å². The van der Waals surface area contributed by atoms with Crippen LogP contribution < -0.4 is 14.6 Å². The molecule has 0 spiro atoms. The summed E-state index contributed by atoms with van der Waals surface area (Å²) in [5, 5.41) is 11.3. The number of ether oxygens (including phenoxy) is 1. The van der Waals surface area contributed by atoms with E-state index >= 15 is 0 Å². The summed E-state index contributed by atoms with van der Waals surface area (Å²) in [5.74, 6) is 2.03. The number of amidine groups is 1. The Morgan fingerprint density at radius 3 is 2.08 bits per heavy atom. The van der Waals surface area contributed by atoms with Crippen molar-refractivity contribution in [2.45, 2.75) is 13.8 Å². The van der Waals surface area contributed by atoms with E-state index in [-0.39, 0.29) is 21.1 Å². The van der Waals surface area contributed by atoms with Crippen LogP contribution in [0, 0.1) is 25.7 Å². The minimum absolute atomic E-state index is 0. The van der Waals surface area contributed by atoms with Gasteiger partial charge in [0.05, 0.1) is 11.5 Å². The SMILES string of the molecule is CC1=NN(c2[c-]c(Oc3[c-]c(-n4cc(C)c(-c5ccccc5)n4)ccc3)ccc2)[CH-]N1c1ccccc1.[Pt]. The molecule has 0 bridgehead atoms. The van der Waals surface area contributed by atoms with Gasteiger partial charge in [0.25, 0.3) is 0 Å². The van der Waals surface area contributed by atoms with Crippen molar-refractivity contribution in [2.24, 2.45) is 5.10 Å². The number of rotatable bonds is 6. The first-order valence-corrected chi connectivity index (χ1v) is 12.0. The molecule has 0 amide bonds. The molecule has 6 rings (SSSR count). The molecule has 1 aromatic heterocycles. The molecule has 0 aliphatic carbocycles. The average molecular weight is 678 g/mol. The van der Waals surface area contributed by atoms with E-state index in [4.69, 9.17) is 9.84 Å². The standard InChI is InChI=1S/C31H24N5O.Pt/c1-23-21-35(33-31(23)25-11-5-3-6-12-25)27-15-9-17-29(19-27)37-30-18-10-16-28(20-30)36-22-34(24(2)32-36)26-13-7-4-8-14-26;/h3-18,21-22H,1-2H3;/q-3;. The Labute approximate surface area is 237 Å². The molecule has 1 aliphatic rings. The van der Waals surface area contributed by atoms with Crippen molar-refractivity contribution < 1.29 is 25.8 Å². The molecular formula is C31H24N5OPt-3. The fourth-order valence-electron chi connectivity index (χ4n) is 4.22. The number of aryl methyl sites for hydroxylation is 1. The van der Waals surface area contributed by atoms with Gasteiger partial charge in [-0.25, -0.2) is 0 Å². The summed E-state index contributed by atoms with van der Waals surface area (Å²) in [4.78, 5) is 2.04. The number of nitrogens with zero attached hydrogens (tertiary/aromatic N) is 5. The Morgan fingerprint density at radius 2 is 1.37 bits per heavy atom. The maximum Gasteiger partial charge on any atom is 0.0955 e. The third kappa shape index (κ3) is 5.27. The van der Waals surface area contributed by atoms with Gasteiger partial charge in [-0.05, 0) is 37.2 Å². The van der Waals surface area contributed by atoms with Crippen molar-refractivity contribution in [1.82, 2.24) is 9.78 Å². The van der Waals surface area contributed by atoms with Gasteiger partial charge in [-0.3, -0.25) is 4.68 Å². The van der Waals surface area contributed by atoms with Crippen LogP contribution in [0.5, 0.6) is 11.5 Å². The molecule has 2 heterocycles. The number of hydrogen-bond donors (Lipinski definition) is 0. The normalized spacial score (nSPS) is 12.7. The van der Waals surface area contributed by atoms with Crippen molar-refractivity contribution in [3.8, 4) is 28.4 Å². The van der Waals surface area contributed by atoms with Crippen molar-refractivity contribution in [3.63, 3.8) is 0 Å². The first-order valence-electron chi connectivity index (χ1n) is 12.0. The van der Waals surface area contributed by atoms with Crippen LogP contribution in [0.1, 0.15) is 12.5 Å². The smallest absolute Gasteiger partial charge is 0.0955 e. The number of anilines is 2. The second-order valence-corrected chi connectivity index (χ2v) is 8.69. The number of benzene rings is 4. The van der Waals surface area contributed by atoms with Gasteiger partial charge in [-0.15, -0.1) is 43.1 Å².